The zero-order valence-electron chi connectivity index (χ0n) is 17.6. The van der Waals surface area contributed by atoms with E-state index in [0.717, 1.165) is 21.1 Å². The molecule has 0 bridgehead atoms. The van der Waals surface area contributed by atoms with Gasteiger partial charge in [0, 0.05) is 26.5 Å². The van der Waals surface area contributed by atoms with Crippen molar-refractivity contribution >= 4 is 71.4 Å². The van der Waals surface area contributed by atoms with E-state index in [9.17, 15) is 9.59 Å². The van der Waals surface area contributed by atoms with Crippen molar-refractivity contribution in [1.82, 2.24) is 4.98 Å². The second-order valence-corrected chi connectivity index (χ2v) is 10.2. The van der Waals surface area contributed by atoms with Gasteiger partial charge in [-0.15, -0.1) is 22.7 Å². The van der Waals surface area contributed by atoms with Gasteiger partial charge in [-0.25, -0.2) is 9.78 Å². The number of thiophene rings is 2. The number of esters is 1. The SMILES string of the molecule is Cc1ccc2c(N)c(C(=O)Nc3scc(-c4ccc(Br)cc4)c3C(=O)OC(C)C)sc2n1. The lowest BCUT2D eigenvalue weighted by atomic mass is 10.0. The molecule has 6 nitrogen and oxygen atoms in total. The van der Waals surface area contributed by atoms with Crippen LogP contribution in [0.2, 0.25) is 0 Å². The van der Waals surface area contributed by atoms with Crippen LogP contribution in [-0.4, -0.2) is 23.0 Å². The Morgan fingerprint density at radius 2 is 1.88 bits per heavy atom. The van der Waals surface area contributed by atoms with Gasteiger partial charge in [-0.3, -0.25) is 4.79 Å². The van der Waals surface area contributed by atoms with Crippen molar-refractivity contribution in [3.8, 4) is 11.1 Å². The maximum absolute atomic E-state index is 13.1. The van der Waals surface area contributed by atoms with Crippen molar-refractivity contribution in [2.24, 2.45) is 0 Å². The third kappa shape index (κ3) is 4.41. The molecule has 1 amide bonds. The molecule has 164 valence electrons. The average Bonchev–Trinajstić information content (AvgIpc) is 3.29. The number of fused-ring (bicyclic) bond motifs is 1. The normalized spacial score (nSPS) is 11.2. The molecule has 0 saturated carbocycles. The molecule has 3 aromatic heterocycles. The van der Waals surface area contributed by atoms with Crippen molar-refractivity contribution < 1.29 is 14.3 Å². The van der Waals surface area contributed by atoms with Crippen LogP contribution in [0.15, 0.2) is 46.3 Å². The van der Waals surface area contributed by atoms with Gasteiger partial charge in [-0.2, -0.15) is 0 Å². The van der Waals surface area contributed by atoms with Crippen LogP contribution in [0.25, 0.3) is 21.3 Å². The van der Waals surface area contributed by atoms with E-state index in [4.69, 9.17) is 10.5 Å². The zero-order chi connectivity index (χ0) is 23.0. The first-order chi connectivity index (χ1) is 15.2. The van der Waals surface area contributed by atoms with Gasteiger partial charge in [0.25, 0.3) is 5.91 Å². The number of nitrogens with one attached hydrogen (secondary N) is 1. The Hall–Kier alpha value is -2.75. The van der Waals surface area contributed by atoms with Crippen LogP contribution in [0.5, 0.6) is 0 Å². The van der Waals surface area contributed by atoms with E-state index in [2.05, 4.69) is 26.2 Å². The Bertz CT molecular complexity index is 1330. The molecule has 0 radical (unpaired) electrons. The summed E-state index contributed by atoms with van der Waals surface area (Å²) >= 11 is 5.93. The number of pyridine rings is 1. The Balaban J connectivity index is 1.73. The highest BCUT2D eigenvalue weighted by Gasteiger charge is 2.25. The molecule has 0 unspecified atom stereocenters. The number of nitrogen functional groups attached to an aromatic ring is 1. The van der Waals surface area contributed by atoms with Crippen molar-refractivity contribution in [2.75, 3.05) is 11.1 Å². The highest BCUT2D eigenvalue weighted by molar-refractivity contribution is 9.10. The third-order valence-electron chi connectivity index (χ3n) is 4.66. The molecule has 0 aliphatic carbocycles. The molecule has 0 fully saturated rings. The molecule has 0 saturated heterocycles. The number of rotatable bonds is 5. The van der Waals surface area contributed by atoms with Crippen LogP contribution >= 0.6 is 38.6 Å². The molecule has 1 aromatic carbocycles. The standard InChI is InChI=1S/C23H20BrN3O3S2/c1-11(2)30-23(29)17-16(13-5-7-14(24)8-6-13)10-31-22(17)27-20(28)19-18(25)15-9-4-12(3)26-21(15)32-19/h4-11H,25H2,1-3H3,(H,27,28). The number of carbonyl (C=O) groups excluding carboxylic acids is 2. The van der Waals surface area contributed by atoms with Crippen LogP contribution in [0.3, 0.4) is 0 Å². The number of nitrogens with two attached hydrogens (primary N) is 1. The summed E-state index contributed by atoms with van der Waals surface area (Å²) in [5.74, 6) is -0.873. The maximum atomic E-state index is 13.1. The Morgan fingerprint density at radius 1 is 1.16 bits per heavy atom. The summed E-state index contributed by atoms with van der Waals surface area (Å²) in [6, 6.07) is 11.3. The summed E-state index contributed by atoms with van der Waals surface area (Å²) in [7, 11) is 0. The second kappa shape index (κ2) is 9.01. The Kier molecular flexibility index (Phi) is 6.32. The number of aromatic nitrogens is 1. The number of aryl methyl sites for hydroxylation is 1. The third-order valence-corrected chi connectivity index (χ3v) is 7.20. The summed E-state index contributed by atoms with van der Waals surface area (Å²) in [5, 5.41) is 5.87. The minimum absolute atomic E-state index is 0.295. The minimum atomic E-state index is -0.490. The van der Waals surface area contributed by atoms with Crippen molar-refractivity contribution in [2.45, 2.75) is 26.9 Å². The summed E-state index contributed by atoms with van der Waals surface area (Å²) in [6.07, 6.45) is -0.295. The lowest BCUT2D eigenvalue weighted by Crippen LogP contribution is -2.16. The van der Waals surface area contributed by atoms with Gasteiger partial charge < -0.3 is 15.8 Å². The molecule has 0 spiro atoms. The molecule has 0 aliphatic rings. The largest absolute Gasteiger partial charge is 0.459 e. The van der Waals surface area contributed by atoms with Crippen LogP contribution in [0, 0.1) is 6.92 Å². The van der Waals surface area contributed by atoms with E-state index in [0.29, 0.717) is 31.5 Å². The number of nitrogens with zero attached hydrogens (tertiary/aromatic N) is 1. The number of carbonyl (C=O) groups is 2. The summed E-state index contributed by atoms with van der Waals surface area (Å²) in [4.78, 5) is 31.6. The van der Waals surface area contributed by atoms with Gasteiger partial charge in [-0.1, -0.05) is 28.1 Å². The van der Waals surface area contributed by atoms with Gasteiger partial charge in [0.05, 0.1) is 11.8 Å². The molecule has 0 aliphatic heterocycles. The highest BCUT2D eigenvalue weighted by atomic mass is 79.9. The molecular formula is C23H20BrN3O3S2. The van der Waals surface area contributed by atoms with E-state index in [-0.39, 0.29) is 12.0 Å². The van der Waals surface area contributed by atoms with Gasteiger partial charge >= 0.3 is 5.97 Å². The Labute approximate surface area is 201 Å². The van der Waals surface area contributed by atoms with Crippen LogP contribution in [0.1, 0.15) is 39.6 Å². The van der Waals surface area contributed by atoms with Crippen molar-refractivity contribution in [3.05, 3.63) is 62.4 Å². The molecule has 3 heterocycles. The number of anilines is 2. The fourth-order valence-corrected chi connectivity index (χ4v) is 5.44. The number of amides is 1. The summed E-state index contributed by atoms with van der Waals surface area (Å²) < 4.78 is 6.40. The van der Waals surface area contributed by atoms with E-state index < -0.39 is 5.97 Å². The molecule has 32 heavy (non-hydrogen) atoms. The monoisotopic (exact) mass is 529 g/mol. The van der Waals surface area contributed by atoms with E-state index in [1.807, 2.05) is 48.7 Å². The number of ether oxygens (including phenoxy) is 1. The van der Waals surface area contributed by atoms with Crippen LogP contribution in [0.4, 0.5) is 10.7 Å². The molecule has 9 heteroatoms. The second-order valence-electron chi connectivity index (χ2n) is 7.42. The topological polar surface area (TPSA) is 94.3 Å². The smallest absolute Gasteiger partial charge is 0.342 e. The number of hydrogen-bond donors (Lipinski definition) is 2. The van der Waals surface area contributed by atoms with E-state index in [1.165, 1.54) is 22.7 Å². The van der Waals surface area contributed by atoms with Gasteiger partial charge in [0.1, 0.15) is 20.3 Å². The van der Waals surface area contributed by atoms with Crippen molar-refractivity contribution in [1.29, 1.82) is 0 Å². The molecular weight excluding hydrogens is 510 g/mol. The minimum Gasteiger partial charge on any atom is -0.459 e. The fourth-order valence-electron chi connectivity index (χ4n) is 3.19. The first kappa shape index (κ1) is 22.4. The molecule has 3 N–H and O–H groups in total. The number of benzene rings is 1. The number of halogens is 1. The predicted octanol–water partition coefficient (Wildman–Crippen LogP) is 6.50. The lowest BCUT2D eigenvalue weighted by Gasteiger charge is -2.11. The summed E-state index contributed by atoms with van der Waals surface area (Å²) in [6.45, 7) is 5.46. The maximum Gasteiger partial charge on any atom is 0.342 e. The van der Waals surface area contributed by atoms with Crippen LogP contribution in [-0.2, 0) is 4.74 Å². The van der Waals surface area contributed by atoms with Crippen molar-refractivity contribution in [3.63, 3.8) is 0 Å². The summed E-state index contributed by atoms with van der Waals surface area (Å²) in [5.41, 5.74) is 9.34. The molecule has 0 atom stereocenters. The Morgan fingerprint density at radius 3 is 2.56 bits per heavy atom. The lowest BCUT2D eigenvalue weighted by molar-refractivity contribution is 0.0380. The molecule has 4 rings (SSSR count). The first-order valence-electron chi connectivity index (χ1n) is 9.80. The van der Waals surface area contributed by atoms with E-state index in [1.54, 1.807) is 13.8 Å². The van der Waals surface area contributed by atoms with Gasteiger partial charge in [-0.05, 0) is 50.6 Å². The number of hydrogen-bond acceptors (Lipinski definition) is 7. The van der Waals surface area contributed by atoms with Gasteiger partial charge in [0.2, 0.25) is 0 Å². The fraction of sp³-hybridized carbons (Fsp3) is 0.174. The predicted molar refractivity (Wildman–Crippen MR) is 135 cm³/mol. The highest BCUT2D eigenvalue weighted by Crippen LogP contribution is 2.38. The average molecular weight is 530 g/mol. The quantitative estimate of drug-likeness (QED) is 0.288. The molecule has 4 aromatic rings. The zero-order valence-corrected chi connectivity index (χ0v) is 20.8. The van der Waals surface area contributed by atoms with E-state index >= 15 is 0 Å². The van der Waals surface area contributed by atoms with Gasteiger partial charge in [0.15, 0.2) is 0 Å². The first-order valence-corrected chi connectivity index (χ1v) is 12.3. The van der Waals surface area contributed by atoms with Crippen LogP contribution < -0.4 is 11.1 Å².